The Hall–Kier alpha value is -1.71. The van der Waals surface area contributed by atoms with Gasteiger partial charge in [-0.1, -0.05) is 0 Å². The van der Waals surface area contributed by atoms with Crippen molar-refractivity contribution in [2.75, 3.05) is 0 Å². The third-order valence-electron chi connectivity index (χ3n) is 1.93. The highest BCUT2D eigenvalue weighted by Crippen LogP contribution is 2.15. The molecule has 0 saturated carbocycles. The molecule has 4 heteroatoms. The molecule has 0 atom stereocenters. The van der Waals surface area contributed by atoms with Crippen LogP contribution >= 0.6 is 0 Å². The predicted octanol–water partition coefficient (Wildman–Crippen LogP) is 0.894. The average Bonchev–Trinajstić information content (AvgIpc) is 2.62. The summed E-state index contributed by atoms with van der Waals surface area (Å²) >= 11 is 0. The lowest BCUT2D eigenvalue weighted by Gasteiger charge is -1.99. The number of aromatic amines is 1. The normalized spacial score (nSPS) is 14.7. The van der Waals surface area contributed by atoms with Gasteiger partial charge in [0.2, 0.25) is 0 Å². The minimum atomic E-state index is -0.0854. The Morgan fingerprint density at radius 1 is 1.54 bits per heavy atom. The predicted molar refractivity (Wildman–Crippen MR) is 50.7 cm³/mol. The number of hydrogen-bond donors (Lipinski definition) is 1. The molecule has 0 amide bonds. The van der Waals surface area contributed by atoms with Gasteiger partial charge < -0.3 is 4.98 Å². The van der Waals surface area contributed by atoms with Crippen LogP contribution in [0.4, 0.5) is 0 Å². The first-order valence-electron chi connectivity index (χ1n) is 4.04. The summed E-state index contributed by atoms with van der Waals surface area (Å²) in [5.74, 6) is 0.619. The summed E-state index contributed by atoms with van der Waals surface area (Å²) in [5.41, 5.74) is 1.50. The fourth-order valence-corrected chi connectivity index (χ4v) is 1.13. The number of nitrogens with zero attached hydrogens (tertiary/aromatic N) is 2. The standard InChI is InChI=1S/C9H9N3O/c1-6-4-11-8(12-9(6)13)7-2-3-10-5-7/h3-5H,2H2,1H3,(H,11,12,13). The fraction of sp³-hybridized carbons (Fsp3) is 0.222. The van der Waals surface area contributed by atoms with E-state index in [9.17, 15) is 4.79 Å². The molecule has 66 valence electrons. The van der Waals surface area contributed by atoms with E-state index < -0.39 is 0 Å². The molecule has 1 N–H and O–H groups in total. The summed E-state index contributed by atoms with van der Waals surface area (Å²) in [5, 5.41) is 0. The topological polar surface area (TPSA) is 58.1 Å². The molecular weight excluding hydrogens is 166 g/mol. The molecule has 13 heavy (non-hydrogen) atoms. The summed E-state index contributed by atoms with van der Waals surface area (Å²) in [6, 6.07) is 0. The van der Waals surface area contributed by atoms with Crippen molar-refractivity contribution in [2.45, 2.75) is 13.3 Å². The van der Waals surface area contributed by atoms with Crippen LogP contribution in [0.1, 0.15) is 17.8 Å². The SMILES string of the molecule is Cc1cnc(C2=CN=CC2)[nH]c1=O. The molecule has 0 fully saturated rings. The lowest BCUT2D eigenvalue weighted by atomic mass is 10.2. The largest absolute Gasteiger partial charge is 0.307 e. The summed E-state index contributed by atoms with van der Waals surface area (Å²) < 4.78 is 0. The average molecular weight is 175 g/mol. The Morgan fingerprint density at radius 3 is 3.00 bits per heavy atom. The van der Waals surface area contributed by atoms with E-state index in [1.54, 1.807) is 25.5 Å². The van der Waals surface area contributed by atoms with Gasteiger partial charge in [-0.3, -0.25) is 9.79 Å². The van der Waals surface area contributed by atoms with Crippen LogP contribution in [-0.2, 0) is 0 Å². The Balaban J connectivity index is 2.43. The van der Waals surface area contributed by atoms with E-state index in [2.05, 4.69) is 15.0 Å². The summed E-state index contributed by atoms with van der Waals surface area (Å²) in [6.45, 7) is 1.73. The first kappa shape index (κ1) is 7.91. The number of rotatable bonds is 1. The number of H-pyrrole nitrogens is 1. The Kier molecular flexibility index (Phi) is 1.81. The summed E-state index contributed by atoms with van der Waals surface area (Å²) in [4.78, 5) is 22.0. The fourth-order valence-electron chi connectivity index (χ4n) is 1.13. The van der Waals surface area contributed by atoms with E-state index in [0.29, 0.717) is 11.4 Å². The molecule has 0 aromatic carbocycles. The molecule has 1 aromatic rings. The Labute approximate surface area is 75.1 Å². The van der Waals surface area contributed by atoms with Crippen LogP contribution < -0.4 is 5.56 Å². The van der Waals surface area contributed by atoms with Crippen molar-refractivity contribution < 1.29 is 0 Å². The van der Waals surface area contributed by atoms with E-state index in [-0.39, 0.29) is 5.56 Å². The molecule has 1 aromatic heterocycles. The lowest BCUT2D eigenvalue weighted by molar-refractivity contribution is 1.03. The summed E-state index contributed by atoms with van der Waals surface area (Å²) in [7, 11) is 0. The van der Waals surface area contributed by atoms with Crippen molar-refractivity contribution in [1.82, 2.24) is 9.97 Å². The second-order valence-electron chi connectivity index (χ2n) is 2.93. The van der Waals surface area contributed by atoms with E-state index in [0.717, 1.165) is 12.0 Å². The summed E-state index contributed by atoms with van der Waals surface area (Å²) in [6.07, 6.45) is 5.82. The second kappa shape index (κ2) is 2.97. The zero-order valence-corrected chi connectivity index (χ0v) is 7.24. The van der Waals surface area contributed by atoms with E-state index in [1.165, 1.54) is 0 Å². The smallest absolute Gasteiger partial charge is 0.254 e. The maximum Gasteiger partial charge on any atom is 0.254 e. The van der Waals surface area contributed by atoms with Crippen molar-refractivity contribution in [3.63, 3.8) is 0 Å². The Morgan fingerprint density at radius 2 is 2.38 bits per heavy atom. The molecule has 0 spiro atoms. The highest BCUT2D eigenvalue weighted by Gasteiger charge is 2.06. The molecule has 0 saturated heterocycles. The Bertz CT molecular complexity index is 442. The molecule has 0 bridgehead atoms. The highest BCUT2D eigenvalue weighted by molar-refractivity contribution is 5.81. The van der Waals surface area contributed by atoms with Crippen LogP contribution in [0.3, 0.4) is 0 Å². The van der Waals surface area contributed by atoms with Gasteiger partial charge in [0, 0.05) is 36.2 Å². The van der Waals surface area contributed by atoms with Gasteiger partial charge in [-0.25, -0.2) is 4.98 Å². The monoisotopic (exact) mass is 175 g/mol. The highest BCUT2D eigenvalue weighted by atomic mass is 16.1. The minimum absolute atomic E-state index is 0.0854. The molecule has 0 radical (unpaired) electrons. The first-order valence-corrected chi connectivity index (χ1v) is 4.04. The van der Waals surface area contributed by atoms with Gasteiger partial charge in [0.05, 0.1) is 0 Å². The zero-order chi connectivity index (χ0) is 9.26. The number of aromatic nitrogens is 2. The number of hydrogen-bond acceptors (Lipinski definition) is 3. The second-order valence-corrected chi connectivity index (χ2v) is 2.93. The molecule has 2 heterocycles. The van der Waals surface area contributed by atoms with Crippen LogP contribution in [0, 0.1) is 6.92 Å². The third-order valence-corrected chi connectivity index (χ3v) is 1.93. The molecule has 0 unspecified atom stereocenters. The van der Waals surface area contributed by atoms with Crippen LogP contribution in [-0.4, -0.2) is 16.2 Å². The van der Waals surface area contributed by atoms with Gasteiger partial charge in [-0.2, -0.15) is 0 Å². The minimum Gasteiger partial charge on any atom is -0.307 e. The molecule has 2 rings (SSSR count). The number of aliphatic imine (C=N–C) groups is 1. The van der Waals surface area contributed by atoms with Gasteiger partial charge in [0.1, 0.15) is 5.82 Å². The number of nitrogens with one attached hydrogen (secondary N) is 1. The lowest BCUT2D eigenvalue weighted by Crippen LogP contribution is -2.12. The molecule has 4 nitrogen and oxygen atoms in total. The third kappa shape index (κ3) is 1.42. The maximum atomic E-state index is 11.2. The van der Waals surface area contributed by atoms with Crippen molar-refractivity contribution in [3.8, 4) is 0 Å². The van der Waals surface area contributed by atoms with Gasteiger partial charge in [0.15, 0.2) is 0 Å². The molecule has 1 aliphatic heterocycles. The van der Waals surface area contributed by atoms with Gasteiger partial charge in [0.25, 0.3) is 5.56 Å². The van der Waals surface area contributed by atoms with E-state index in [1.807, 2.05) is 0 Å². The maximum absolute atomic E-state index is 11.2. The van der Waals surface area contributed by atoms with Crippen LogP contribution in [0.5, 0.6) is 0 Å². The van der Waals surface area contributed by atoms with Gasteiger partial charge in [-0.15, -0.1) is 0 Å². The van der Waals surface area contributed by atoms with Crippen molar-refractivity contribution >= 4 is 11.8 Å². The van der Waals surface area contributed by atoms with Crippen molar-refractivity contribution in [2.24, 2.45) is 4.99 Å². The van der Waals surface area contributed by atoms with Crippen LogP contribution in [0.25, 0.3) is 5.57 Å². The van der Waals surface area contributed by atoms with Gasteiger partial charge in [-0.05, 0) is 6.92 Å². The zero-order valence-electron chi connectivity index (χ0n) is 7.24. The quantitative estimate of drug-likeness (QED) is 0.689. The van der Waals surface area contributed by atoms with Crippen molar-refractivity contribution in [3.05, 3.63) is 34.1 Å². The van der Waals surface area contributed by atoms with E-state index >= 15 is 0 Å². The van der Waals surface area contributed by atoms with Crippen LogP contribution in [0.2, 0.25) is 0 Å². The van der Waals surface area contributed by atoms with Gasteiger partial charge >= 0.3 is 0 Å². The molecule has 0 aliphatic carbocycles. The number of allylic oxidation sites excluding steroid dienone is 1. The number of aryl methyl sites for hydroxylation is 1. The van der Waals surface area contributed by atoms with Crippen LogP contribution in [0.15, 0.2) is 22.2 Å². The molecular formula is C9H9N3O. The molecule has 1 aliphatic rings. The first-order chi connectivity index (χ1) is 6.27. The van der Waals surface area contributed by atoms with Crippen molar-refractivity contribution in [1.29, 1.82) is 0 Å². The van der Waals surface area contributed by atoms with E-state index in [4.69, 9.17) is 0 Å².